The van der Waals surface area contributed by atoms with Crippen LogP contribution in [0.3, 0.4) is 0 Å². The Bertz CT molecular complexity index is 901. The number of phenols is 1. The smallest absolute Gasteiger partial charge is 0.259 e. The van der Waals surface area contributed by atoms with Gasteiger partial charge in [-0.2, -0.15) is 0 Å². The Kier molecular flexibility index (Phi) is 6.23. The monoisotopic (exact) mass is 442 g/mol. The molecule has 1 fully saturated rings. The zero-order valence-corrected chi connectivity index (χ0v) is 17.2. The zero-order chi connectivity index (χ0) is 20.4. The van der Waals surface area contributed by atoms with E-state index in [2.05, 4.69) is 0 Å². The molecule has 2 amide bonds. The Morgan fingerprint density at radius 2 is 1.57 bits per heavy atom. The maximum atomic E-state index is 12.8. The van der Waals surface area contributed by atoms with Gasteiger partial charge in [-0.25, -0.2) is 0 Å². The SMILES string of the molecule is COc1cccc(C(=O)N2CCN(C(=O)c3c(O)c(Cl)cc(Cl)c3Cl)CC2)c1. The van der Waals surface area contributed by atoms with Crippen molar-refractivity contribution >= 4 is 46.6 Å². The third kappa shape index (κ3) is 3.99. The van der Waals surface area contributed by atoms with Crippen LogP contribution in [-0.4, -0.2) is 60.0 Å². The van der Waals surface area contributed by atoms with E-state index in [1.807, 2.05) is 0 Å². The van der Waals surface area contributed by atoms with E-state index in [9.17, 15) is 14.7 Å². The molecule has 9 heteroatoms. The minimum atomic E-state index is -0.486. The number of phenolic OH excluding ortho intramolecular Hbond substituents is 1. The van der Waals surface area contributed by atoms with E-state index in [0.717, 1.165) is 0 Å². The highest BCUT2D eigenvalue weighted by Gasteiger charge is 2.29. The fourth-order valence-electron chi connectivity index (χ4n) is 2.99. The minimum absolute atomic E-state index is 0.0513. The molecule has 0 unspecified atom stereocenters. The number of hydrogen-bond donors (Lipinski definition) is 1. The molecule has 1 heterocycles. The molecule has 1 aliphatic rings. The second-order valence-electron chi connectivity index (χ2n) is 6.19. The summed E-state index contributed by atoms with van der Waals surface area (Å²) in [5.41, 5.74) is 0.383. The van der Waals surface area contributed by atoms with Crippen molar-refractivity contribution in [2.45, 2.75) is 0 Å². The van der Waals surface area contributed by atoms with E-state index < -0.39 is 11.7 Å². The molecule has 2 aromatic rings. The molecule has 0 aromatic heterocycles. The number of carbonyl (C=O) groups excluding carboxylic acids is 2. The number of nitrogens with zero attached hydrogens (tertiary/aromatic N) is 2. The molecule has 0 spiro atoms. The summed E-state index contributed by atoms with van der Waals surface area (Å²) >= 11 is 18.0. The van der Waals surface area contributed by atoms with Gasteiger partial charge in [-0.15, -0.1) is 0 Å². The van der Waals surface area contributed by atoms with Crippen molar-refractivity contribution in [1.29, 1.82) is 0 Å². The van der Waals surface area contributed by atoms with Crippen LogP contribution in [0.15, 0.2) is 30.3 Å². The molecule has 0 atom stereocenters. The molecule has 0 saturated carbocycles. The first-order chi connectivity index (χ1) is 13.3. The third-order valence-corrected chi connectivity index (χ3v) is 5.61. The number of rotatable bonds is 3. The molecule has 3 rings (SSSR count). The summed E-state index contributed by atoms with van der Waals surface area (Å²) in [7, 11) is 1.54. The number of carbonyl (C=O) groups is 2. The van der Waals surface area contributed by atoms with Crippen LogP contribution >= 0.6 is 34.8 Å². The molecule has 1 N–H and O–H groups in total. The summed E-state index contributed by atoms with van der Waals surface area (Å²) in [6.45, 7) is 1.26. The van der Waals surface area contributed by atoms with Crippen LogP contribution in [0, 0.1) is 0 Å². The minimum Gasteiger partial charge on any atom is -0.505 e. The number of benzene rings is 2. The number of halogens is 3. The van der Waals surface area contributed by atoms with E-state index in [0.29, 0.717) is 24.4 Å². The lowest BCUT2D eigenvalue weighted by Gasteiger charge is -2.35. The average Bonchev–Trinajstić information content (AvgIpc) is 2.72. The van der Waals surface area contributed by atoms with Gasteiger partial charge in [0.25, 0.3) is 11.8 Å². The summed E-state index contributed by atoms with van der Waals surface area (Å²) in [5.74, 6) is -0.434. The van der Waals surface area contributed by atoms with Gasteiger partial charge in [0, 0.05) is 31.7 Å². The molecular formula is C19H17Cl3N2O4. The highest BCUT2D eigenvalue weighted by Crippen LogP contribution is 2.39. The average molecular weight is 444 g/mol. The van der Waals surface area contributed by atoms with E-state index in [4.69, 9.17) is 39.5 Å². The van der Waals surface area contributed by atoms with Crippen LogP contribution in [0.5, 0.6) is 11.5 Å². The van der Waals surface area contributed by atoms with E-state index >= 15 is 0 Å². The second kappa shape index (κ2) is 8.47. The van der Waals surface area contributed by atoms with Gasteiger partial charge in [-0.3, -0.25) is 9.59 Å². The van der Waals surface area contributed by atoms with Crippen molar-refractivity contribution in [3.05, 3.63) is 56.5 Å². The normalized spacial score (nSPS) is 14.1. The first-order valence-corrected chi connectivity index (χ1v) is 9.56. The van der Waals surface area contributed by atoms with Crippen molar-refractivity contribution in [2.75, 3.05) is 33.3 Å². The molecule has 0 radical (unpaired) electrons. The Labute approximate surface area is 177 Å². The Morgan fingerprint density at radius 3 is 2.18 bits per heavy atom. The van der Waals surface area contributed by atoms with Gasteiger partial charge in [-0.05, 0) is 24.3 Å². The Hall–Kier alpha value is -2.15. The topological polar surface area (TPSA) is 70.1 Å². The number of hydrogen-bond acceptors (Lipinski definition) is 4. The number of aromatic hydroxyl groups is 1. The summed E-state index contributed by atoms with van der Waals surface area (Å²) in [4.78, 5) is 28.7. The van der Waals surface area contributed by atoms with Crippen LogP contribution in [-0.2, 0) is 0 Å². The Balaban J connectivity index is 1.72. The molecule has 1 saturated heterocycles. The maximum Gasteiger partial charge on any atom is 0.259 e. The first-order valence-electron chi connectivity index (χ1n) is 8.42. The highest BCUT2D eigenvalue weighted by atomic mass is 35.5. The summed E-state index contributed by atoms with van der Waals surface area (Å²) in [6.07, 6.45) is 0. The maximum absolute atomic E-state index is 12.8. The largest absolute Gasteiger partial charge is 0.505 e. The summed E-state index contributed by atoms with van der Waals surface area (Å²) in [6, 6.07) is 8.18. The van der Waals surface area contributed by atoms with Gasteiger partial charge < -0.3 is 19.6 Å². The van der Waals surface area contributed by atoms with Gasteiger partial charge in [0.2, 0.25) is 0 Å². The van der Waals surface area contributed by atoms with E-state index in [1.54, 1.807) is 29.2 Å². The van der Waals surface area contributed by atoms with Gasteiger partial charge in [0.1, 0.15) is 17.1 Å². The van der Waals surface area contributed by atoms with Gasteiger partial charge >= 0.3 is 0 Å². The first kappa shape index (κ1) is 20.6. The predicted molar refractivity (Wildman–Crippen MR) is 108 cm³/mol. The van der Waals surface area contributed by atoms with Crippen molar-refractivity contribution in [1.82, 2.24) is 9.80 Å². The number of amides is 2. The zero-order valence-electron chi connectivity index (χ0n) is 14.9. The van der Waals surface area contributed by atoms with Crippen LogP contribution in [0.1, 0.15) is 20.7 Å². The van der Waals surface area contributed by atoms with Gasteiger partial charge in [0.05, 0.1) is 22.2 Å². The van der Waals surface area contributed by atoms with Crippen LogP contribution < -0.4 is 4.74 Å². The van der Waals surface area contributed by atoms with Gasteiger partial charge in [-0.1, -0.05) is 40.9 Å². The third-order valence-electron chi connectivity index (χ3n) is 4.53. The Morgan fingerprint density at radius 1 is 0.964 bits per heavy atom. The van der Waals surface area contributed by atoms with Crippen LogP contribution in [0.25, 0.3) is 0 Å². The lowest BCUT2D eigenvalue weighted by molar-refractivity contribution is 0.0533. The summed E-state index contributed by atoms with van der Waals surface area (Å²) < 4.78 is 5.15. The molecule has 0 bridgehead atoms. The molecule has 0 aliphatic carbocycles. The van der Waals surface area contributed by atoms with Crippen molar-refractivity contribution in [3.63, 3.8) is 0 Å². The van der Waals surface area contributed by atoms with Crippen LogP contribution in [0.2, 0.25) is 15.1 Å². The van der Waals surface area contributed by atoms with E-state index in [1.165, 1.54) is 18.1 Å². The molecular weight excluding hydrogens is 427 g/mol. The quantitative estimate of drug-likeness (QED) is 0.729. The standard InChI is InChI=1S/C19H17Cl3N2O4/c1-28-12-4-2-3-11(9-12)18(26)23-5-7-24(8-6-23)19(27)15-16(22)13(20)10-14(21)17(15)25/h2-4,9-10,25H,5-8H2,1H3. The fourth-order valence-corrected chi connectivity index (χ4v) is 3.68. The van der Waals surface area contributed by atoms with Crippen LogP contribution in [0.4, 0.5) is 0 Å². The second-order valence-corrected chi connectivity index (χ2v) is 7.39. The van der Waals surface area contributed by atoms with Crippen molar-refractivity contribution in [3.8, 4) is 11.5 Å². The lowest BCUT2D eigenvalue weighted by Crippen LogP contribution is -2.50. The molecule has 2 aromatic carbocycles. The fraction of sp³-hybridized carbons (Fsp3) is 0.263. The van der Waals surface area contributed by atoms with Crippen molar-refractivity contribution < 1.29 is 19.4 Å². The predicted octanol–water partition coefficient (Wildman–Crippen LogP) is 3.96. The molecule has 28 heavy (non-hydrogen) atoms. The van der Waals surface area contributed by atoms with E-state index in [-0.39, 0.29) is 39.6 Å². The molecule has 1 aliphatic heterocycles. The molecule has 6 nitrogen and oxygen atoms in total. The number of piperazine rings is 1. The lowest BCUT2D eigenvalue weighted by atomic mass is 10.1. The van der Waals surface area contributed by atoms with Crippen molar-refractivity contribution in [2.24, 2.45) is 0 Å². The van der Waals surface area contributed by atoms with Gasteiger partial charge in [0.15, 0.2) is 0 Å². The molecule has 148 valence electrons. The highest BCUT2D eigenvalue weighted by molar-refractivity contribution is 6.45. The summed E-state index contributed by atoms with van der Waals surface area (Å²) in [5, 5.41) is 10.1. The number of methoxy groups -OCH3 is 1. The number of ether oxygens (including phenoxy) is 1.